The molecule has 0 saturated heterocycles. The van der Waals surface area contributed by atoms with Crippen LogP contribution in [0, 0.1) is 17.0 Å². The molecular formula is C15H21F2N. The summed E-state index contributed by atoms with van der Waals surface area (Å²) in [5.74, 6) is -1.58. The molecule has 0 amide bonds. The number of benzene rings is 1. The molecule has 1 aliphatic carbocycles. The first-order chi connectivity index (χ1) is 8.30. The van der Waals surface area contributed by atoms with Crippen LogP contribution in [0.1, 0.15) is 45.1 Å². The van der Waals surface area contributed by atoms with Gasteiger partial charge in [0.1, 0.15) is 0 Å². The van der Waals surface area contributed by atoms with E-state index >= 15 is 0 Å². The second-order valence-electron chi connectivity index (χ2n) is 6.48. The molecule has 0 aromatic heterocycles. The van der Waals surface area contributed by atoms with Crippen molar-refractivity contribution in [2.24, 2.45) is 11.1 Å². The smallest absolute Gasteiger partial charge is 0.159 e. The van der Waals surface area contributed by atoms with Gasteiger partial charge in [-0.2, -0.15) is 0 Å². The highest BCUT2D eigenvalue weighted by atomic mass is 19.2. The summed E-state index contributed by atoms with van der Waals surface area (Å²) < 4.78 is 26.1. The maximum Gasteiger partial charge on any atom is 0.159 e. The lowest BCUT2D eigenvalue weighted by Gasteiger charge is -2.42. The Morgan fingerprint density at radius 1 is 1.17 bits per heavy atom. The largest absolute Gasteiger partial charge is 0.325 e. The molecule has 0 spiro atoms. The van der Waals surface area contributed by atoms with E-state index < -0.39 is 11.6 Å². The predicted molar refractivity (Wildman–Crippen MR) is 69.2 cm³/mol. The van der Waals surface area contributed by atoms with Crippen molar-refractivity contribution in [3.63, 3.8) is 0 Å². The molecule has 0 aliphatic heterocycles. The molecule has 2 rings (SSSR count). The van der Waals surface area contributed by atoms with Crippen LogP contribution in [0.5, 0.6) is 0 Å². The summed E-state index contributed by atoms with van der Waals surface area (Å²) in [7, 11) is 0. The first-order valence-corrected chi connectivity index (χ1v) is 6.53. The lowest BCUT2D eigenvalue weighted by atomic mass is 9.66. The molecule has 2 N–H and O–H groups in total. The van der Waals surface area contributed by atoms with Gasteiger partial charge in [0.15, 0.2) is 11.6 Å². The fraction of sp³-hybridized carbons (Fsp3) is 0.600. The maximum absolute atomic E-state index is 13.2. The first kappa shape index (κ1) is 13.5. The molecule has 0 heterocycles. The second-order valence-corrected chi connectivity index (χ2v) is 6.48. The fourth-order valence-electron chi connectivity index (χ4n) is 3.26. The van der Waals surface area contributed by atoms with E-state index in [1.54, 1.807) is 6.07 Å². The number of rotatable bonds is 2. The molecule has 0 bridgehead atoms. The highest BCUT2D eigenvalue weighted by Crippen LogP contribution is 2.41. The summed E-state index contributed by atoms with van der Waals surface area (Å²) in [6, 6.07) is 4.09. The molecule has 1 aromatic rings. The lowest BCUT2D eigenvalue weighted by molar-refractivity contribution is 0.151. The van der Waals surface area contributed by atoms with E-state index in [-0.39, 0.29) is 11.0 Å². The van der Waals surface area contributed by atoms with Gasteiger partial charge >= 0.3 is 0 Å². The van der Waals surface area contributed by atoms with Crippen molar-refractivity contribution in [3.8, 4) is 0 Å². The van der Waals surface area contributed by atoms with E-state index in [9.17, 15) is 8.78 Å². The Morgan fingerprint density at radius 2 is 1.89 bits per heavy atom. The van der Waals surface area contributed by atoms with Crippen molar-refractivity contribution in [3.05, 3.63) is 35.4 Å². The van der Waals surface area contributed by atoms with E-state index in [4.69, 9.17) is 5.73 Å². The minimum absolute atomic E-state index is 0.242. The van der Waals surface area contributed by atoms with Gasteiger partial charge in [-0.25, -0.2) is 8.78 Å². The Labute approximate surface area is 107 Å². The van der Waals surface area contributed by atoms with Crippen LogP contribution in [0.25, 0.3) is 0 Å². The van der Waals surface area contributed by atoms with E-state index in [2.05, 4.69) is 13.8 Å². The van der Waals surface area contributed by atoms with Gasteiger partial charge in [-0.15, -0.1) is 0 Å². The number of halogens is 2. The van der Waals surface area contributed by atoms with Gasteiger partial charge in [-0.3, -0.25) is 0 Å². The third kappa shape index (κ3) is 3.08. The number of hydrogen-bond acceptors (Lipinski definition) is 1. The Morgan fingerprint density at radius 3 is 2.50 bits per heavy atom. The molecule has 1 saturated carbocycles. The van der Waals surface area contributed by atoms with Crippen LogP contribution in [0.2, 0.25) is 0 Å². The topological polar surface area (TPSA) is 26.0 Å². The summed E-state index contributed by atoms with van der Waals surface area (Å²) in [6.07, 6.45) is 4.79. The van der Waals surface area contributed by atoms with Gasteiger partial charge in [0.05, 0.1) is 0 Å². The SMILES string of the molecule is CC1(C)CCCC(N)(Cc2ccc(F)c(F)c2)C1. The van der Waals surface area contributed by atoms with Gasteiger partial charge in [0.25, 0.3) is 0 Å². The maximum atomic E-state index is 13.2. The zero-order valence-electron chi connectivity index (χ0n) is 11.1. The van der Waals surface area contributed by atoms with Crippen LogP contribution >= 0.6 is 0 Å². The summed E-state index contributed by atoms with van der Waals surface area (Å²) in [5.41, 5.74) is 7.18. The van der Waals surface area contributed by atoms with E-state index in [1.807, 2.05) is 0 Å². The molecule has 18 heavy (non-hydrogen) atoms. The zero-order valence-corrected chi connectivity index (χ0v) is 11.1. The van der Waals surface area contributed by atoms with E-state index in [0.29, 0.717) is 6.42 Å². The number of nitrogens with two attached hydrogens (primary N) is 1. The fourth-order valence-corrected chi connectivity index (χ4v) is 3.26. The lowest BCUT2D eigenvalue weighted by Crippen LogP contribution is -2.48. The molecule has 1 aromatic carbocycles. The van der Waals surface area contributed by atoms with Gasteiger partial charge in [-0.1, -0.05) is 26.3 Å². The van der Waals surface area contributed by atoms with Crippen LogP contribution in [0.15, 0.2) is 18.2 Å². The van der Waals surface area contributed by atoms with Gasteiger partial charge in [0, 0.05) is 5.54 Å². The van der Waals surface area contributed by atoms with Crippen molar-refractivity contribution in [2.75, 3.05) is 0 Å². The van der Waals surface area contributed by atoms with Crippen LogP contribution in [0.4, 0.5) is 8.78 Å². The molecule has 1 unspecified atom stereocenters. The minimum atomic E-state index is -0.797. The molecule has 0 radical (unpaired) electrons. The Bertz CT molecular complexity index is 442. The van der Waals surface area contributed by atoms with E-state index in [1.165, 1.54) is 18.6 Å². The molecule has 3 heteroatoms. The predicted octanol–water partition coefficient (Wildman–Crippen LogP) is 3.81. The van der Waals surface area contributed by atoms with Crippen molar-refractivity contribution in [2.45, 2.75) is 51.5 Å². The molecule has 1 nitrogen and oxygen atoms in total. The highest BCUT2D eigenvalue weighted by Gasteiger charge is 2.37. The van der Waals surface area contributed by atoms with Gasteiger partial charge in [-0.05, 0) is 48.8 Å². The second kappa shape index (κ2) is 4.61. The van der Waals surface area contributed by atoms with Crippen molar-refractivity contribution < 1.29 is 8.78 Å². The molecule has 1 fully saturated rings. The Hall–Kier alpha value is -0.960. The summed E-state index contributed by atoms with van der Waals surface area (Å²) in [4.78, 5) is 0. The Balaban J connectivity index is 2.14. The monoisotopic (exact) mass is 253 g/mol. The standard InChI is InChI=1S/C15H21F2N/c1-14(2)6-3-7-15(18,10-14)9-11-4-5-12(16)13(17)8-11/h4-5,8H,3,6-7,9-10,18H2,1-2H3. The average molecular weight is 253 g/mol. The minimum Gasteiger partial charge on any atom is -0.325 e. The van der Waals surface area contributed by atoms with Gasteiger partial charge in [0.2, 0.25) is 0 Å². The third-order valence-corrected chi connectivity index (χ3v) is 3.90. The quantitative estimate of drug-likeness (QED) is 0.852. The summed E-state index contributed by atoms with van der Waals surface area (Å²) in [5, 5.41) is 0. The van der Waals surface area contributed by atoms with Gasteiger partial charge < -0.3 is 5.73 Å². The first-order valence-electron chi connectivity index (χ1n) is 6.53. The molecule has 1 aliphatic rings. The van der Waals surface area contributed by atoms with Crippen molar-refractivity contribution in [1.82, 2.24) is 0 Å². The number of hydrogen-bond donors (Lipinski definition) is 1. The highest BCUT2D eigenvalue weighted by molar-refractivity contribution is 5.20. The van der Waals surface area contributed by atoms with Crippen LogP contribution in [-0.4, -0.2) is 5.54 Å². The molecule has 1 atom stereocenters. The third-order valence-electron chi connectivity index (χ3n) is 3.90. The van der Waals surface area contributed by atoms with Crippen LogP contribution < -0.4 is 5.73 Å². The molecular weight excluding hydrogens is 232 g/mol. The van der Waals surface area contributed by atoms with Crippen molar-refractivity contribution >= 4 is 0 Å². The summed E-state index contributed by atoms with van der Waals surface area (Å²) in [6.45, 7) is 4.44. The average Bonchev–Trinajstić information content (AvgIpc) is 2.21. The Kier molecular flexibility index (Phi) is 3.45. The van der Waals surface area contributed by atoms with Crippen LogP contribution in [0.3, 0.4) is 0 Å². The van der Waals surface area contributed by atoms with E-state index in [0.717, 1.165) is 24.8 Å². The molecule has 100 valence electrons. The zero-order chi connectivity index (χ0) is 13.4. The van der Waals surface area contributed by atoms with Crippen LogP contribution in [-0.2, 0) is 6.42 Å². The summed E-state index contributed by atoms with van der Waals surface area (Å²) >= 11 is 0. The van der Waals surface area contributed by atoms with Crippen molar-refractivity contribution in [1.29, 1.82) is 0 Å². The normalized spacial score (nSPS) is 27.2.